The molecular formula is C17H36N2. The zero-order valence-corrected chi connectivity index (χ0v) is 14.3. The second-order valence-corrected chi connectivity index (χ2v) is 8.33. The van der Waals surface area contributed by atoms with Gasteiger partial charge in [0.15, 0.2) is 0 Å². The summed E-state index contributed by atoms with van der Waals surface area (Å²) in [7, 11) is 2.30. The number of hydrogen-bond acceptors (Lipinski definition) is 2. The predicted octanol–water partition coefficient (Wildman–Crippen LogP) is 3.77. The molecule has 0 saturated heterocycles. The minimum Gasteiger partial charge on any atom is -0.311 e. The Morgan fingerprint density at radius 1 is 1.21 bits per heavy atom. The van der Waals surface area contributed by atoms with Crippen molar-refractivity contribution >= 4 is 0 Å². The second-order valence-electron chi connectivity index (χ2n) is 8.33. The number of nitrogens with one attached hydrogen (secondary N) is 1. The van der Waals surface area contributed by atoms with Crippen LogP contribution in [0.1, 0.15) is 60.8 Å². The summed E-state index contributed by atoms with van der Waals surface area (Å²) in [4.78, 5) is 2.56. The van der Waals surface area contributed by atoms with Gasteiger partial charge in [0, 0.05) is 25.2 Å². The molecule has 0 aromatic carbocycles. The quantitative estimate of drug-likeness (QED) is 0.721. The highest BCUT2D eigenvalue weighted by Crippen LogP contribution is 2.38. The van der Waals surface area contributed by atoms with E-state index >= 15 is 0 Å². The molecule has 0 aromatic heterocycles. The lowest BCUT2D eigenvalue weighted by Gasteiger charge is -2.37. The first-order valence-corrected chi connectivity index (χ1v) is 8.09. The van der Waals surface area contributed by atoms with E-state index in [9.17, 15) is 0 Å². The first kappa shape index (κ1) is 17.0. The van der Waals surface area contributed by atoms with Gasteiger partial charge in [0.2, 0.25) is 0 Å². The molecule has 0 bridgehead atoms. The van der Waals surface area contributed by atoms with Crippen LogP contribution in [0.4, 0.5) is 0 Å². The Labute approximate surface area is 121 Å². The molecule has 1 saturated carbocycles. The van der Waals surface area contributed by atoms with Crippen molar-refractivity contribution < 1.29 is 0 Å². The molecule has 1 fully saturated rings. The fourth-order valence-corrected chi connectivity index (χ4v) is 3.08. The molecule has 1 N–H and O–H groups in total. The summed E-state index contributed by atoms with van der Waals surface area (Å²) in [5, 5.41) is 3.70. The standard InChI is InChI=1S/C17H36N2/c1-8-9-17(6,12-18-16(3,4)5)13-19(7)11-15-10-14(15)2/h14-15,18H,8-13H2,1-7H3. The van der Waals surface area contributed by atoms with E-state index in [-0.39, 0.29) is 5.54 Å². The van der Waals surface area contributed by atoms with Gasteiger partial charge in [0.1, 0.15) is 0 Å². The van der Waals surface area contributed by atoms with Crippen molar-refractivity contribution in [2.75, 3.05) is 26.7 Å². The molecule has 0 amide bonds. The summed E-state index contributed by atoms with van der Waals surface area (Å²) in [5.41, 5.74) is 0.619. The Morgan fingerprint density at radius 2 is 1.79 bits per heavy atom. The summed E-state index contributed by atoms with van der Waals surface area (Å²) >= 11 is 0. The maximum atomic E-state index is 3.70. The van der Waals surface area contributed by atoms with Gasteiger partial charge in [-0.25, -0.2) is 0 Å². The highest BCUT2D eigenvalue weighted by atomic mass is 15.1. The van der Waals surface area contributed by atoms with Gasteiger partial charge in [-0.2, -0.15) is 0 Å². The average Bonchev–Trinajstić information content (AvgIpc) is 2.90. The second kappa shape index (κ2) is 6.58. The molecule has 3 atom stereocenters. The van der Waals surface area contributed by atoms with Gasteiger partial charge in [0.25, 0.3) is 0 Å². The molecule has 1 rings (SSSR count). The lowest BCUT2D eigenvalue weighted by Crippen LogP contribution is -2.47. The first-order valence-electron chi connectivity index (χ1n) is 8.09. The van der Waals surface area contributed by atoms with E-state index in [2.05, 4.69) is 58.8 Å². The van der Waals surface area contributed by atoms with Crippen molar-refractivity contribution in [2.24, 2.45) is 17.3 Å². The Hall–Kier alpha value is -0.0800. The van der Waals surface area contributed by atoms with Crippen LogP contribution in [-0.2, 0) is 0 Å². The normalized spacial score (nSPS) is 26.5. The molecule has 2 nitrogen and oxygen atoms in total. The van der Waals surface area contributed by atoms with E-state index in [1.807, 2.05) is 0 Å². The zero-order chi connectivity index (χ0) is 14.7. The van der Waals surface area contributed by atoms with Crippen molar-refractivity contribution in [1.29, 1.82) is 0 Å². The highest BCUT2D eigenvalue weighted by Gasteiger charge is 2.35. The smallest absolute Gasteiger partial charge is 0.00967 e. The Kier molecular flexibility index (Phi) is 5.88. The van der Waals surface area contributed by atoms with E-state index in [1.165, 1.54) is 32.4 Å². The highest BCUT2D eigenvalue weighted by molar-refractivity contribution is 4.88. The fourth-order valence-electron chi connectivity index (χ4n) is 3.08. The maximum Gasteiger partial charge on any atom is 0.00967 e. The van der Waals surface area contributed by atoms with Crippen molar-refractivity contribution in [2.45, 2.75) is 66.3 Å². The molecule has 3 unspecified atom stereocenters. The molecule has 1 aliphatic rings. The molecule has 19 heavy (non-hydrogen) atoms. The van der Waals surface area contributed by atoms with Crippen molar-refractivity contribution in [1.82, 2.24) is 10.2 Å². The van der Waals surface area contributed by atoms with Crippen LogP contribution >= 0.6 is 0 Å². The summed E-state index contributed by atoms with van der Waals surface area (Å²) in [6.45, 7) is 17.5. The molecule has 0 aromatic rings. The summed E-state index contributed by atoms with van der Waals surface area (Å²) in [6.07, 6.45) is 4.02. The average molecular weight is 268 g/mol. The molecule has 0 spiro atoms. The van der Waals surface area contributed by atoms with Gasteiger partial charge in [-0.05, 0) is 57.9 Å². The van der Waals surface area contributed by atoms with Gasteiger partial charge in [-0.1, -0.05) is 27.2 Å². The maximum absolute atomic E-state index is 3.70. The van der Waals surface area contributed by atoms with Crippen LogP contribution in [0.2, 0.25) is 0 Å². The molecular weight excluding hydrogens is 232 g/mol. The summed E-state index contributed by atoms with van der Waals surface area (Å²) in [5.74, 6) is 1.93. The van der Waals surface area contributed by atoms with Crippen molar-refractivity contribution in [3.63, 3.8) is 0 Å². The van der Waals surface area contributed by atoms with Crippen LogP contribution < -0.4 is 5.32 Å². The molecule has 0 aliphatic heterocycles. The molecule has 0 radical (unpaired) electrons. The SMILES string of the molecule is CCCC(C)(CNC(C)(C)C)CN(C)CC1CC1C. The van der Waals surface area contributed by atoms with Crippen LogP contribution in [0.5, 0.6) is 0 Å². The number of rotatable bonds is 8. The lowest BCUT2D eigenvalue weighted by molar-refractivity contribution is 0.157. The molecule has 0 heterocycles. The largest absolute Gasteiger partial charge is 0.311 e. The van der Waals surface area contributed by atoms with Gasteiger partial charge >= 0.3 is 0 Å². The van der Waals surface area contributed by atoms with Gasteiger partial charge in [-0.3, -0.25) is 0 Å². The van der Waals surface area contributed by atoms with Crippen LogP contribution in [0.3, 0.4) is 0 Å². The Balaban J connectivity index is 2.44. The van der Waals surface area contributed by atoms with Crippen LogP contribution in [0.15, 0.2) is 0 Å². The van der Waals surface area contributed by atoms with Gasteiger partial charge < -0.3 is 10.2 Å². The van der Waals surface area contributed by atoms with Crippen LogP contribution in [0.25, 0.3) is 0 Å². The molecule has 114 valence electrons. The van der Waals surface area contributed by atoms with E-state index in [0.29, 0.717) is 5.41 Å². The number of hydrogen-bond donors (Lipinski definition) is 1. The van der Waals surface area contributed by atoms with Crippen molar-refractivity contribution in [3.8, 4) is 0 Å². The Morgan fingerprint density at radius 3 is 2.21 bits per heavy atom. The van der Waals surface area contributed by atoms with E-state index in [0.717, 1.165) is 18.4 Å². The van der Waals surface area contributed by atoms with Crippen LogP contribution in [0, 0.1) is 17.3 Å². The lowest BCUT2D eigenvalue weighted by atomic mass is 9.84. The third-order valence-electron chi connectivity index (χ3n) is 4.37. The minimum absolute atomic E-state index is 0.221. The third-order valence-corrected chi connectivity index (χ3v) is 4.37. The predicted molar refractivity (Wildman–Crippen MR) is 85.5 cm³/mol. The number of nitrogens with zero attached hydrogens (tertiary/aromatic N) is 1. The monoisotopic (exact) mass is 268 g/mol. The summed E-state index contributed by atoms with van der Waals surface area (Å²) < 4.78 is 0. The minimum atomic E-state index is 0.221. The third kappa shape index (κ3) is 6.76. The van der Waals surface area contributed by atoms with Gasteiger partial charge in [-0.15, -0.1) is 0 Å². The van der Waals surface area contributed by atoms with E-state index in [1.54, 1.807) is 0 Å². The first-order chi connectivity index (χ1) is 8.65. The molecule has 1 aliphatic carbocycles. The topological polar surface area (TPSA) is 15.3 Å². The Bertz CT molecular complexity index is 269. The zero-order valence-electron chi connectivity index (χ0n) is 14.3. The summed E-state index contributed by atoms with van der Waals surface area (Å²) in [6, 6.07) is 0. The van der Waals surface area contributed by atoms with E-state index < -0.39 is 0 Å². The fraction of sp³-hybridized carbons (Fsp3) is 1.00. The van der Waals surface area contributed by atoms with Gasteiger partial charge in [0.05, 0.1) is 0 Å². The van der Waals surface area contributed by atoms with Crippen LogP contribution in [-0.4, -0.2) is 37.1 Å². The molecule has 2 heteroatoms. The van der Waals surface area contributed by atoms with E-state index in [4.69, 9.17) is 0 Å². The van der Waals surface area contributed by atoms with Crippen molar-refractivity contribution in [3.05, 3.63) is 0 Å².